The summed E-state index contributed by atoms with van der Waals surface area (Å²) in [5, 5.41) is 18.8. The number of carboxylic acids is 2. The Hall–Kier alpha value is -2.04. The van der Waals surface area contributed by atoms with Crippen LogP contribution >= 0.6 is 0 Å². The lowest BCUT2D eigenvalue weighted by Gasteiger charge is -2.32. The number of hydrogen-bond donors (Lipinski definition) is 3. The third kappa shape index (κ3) is 2.54. The second-order valence-corrected chi connectivity index (χ2v) is 4.57. The summed E-state index contributed by atoms with van der Waals surface area (Å²) in [6.07, 6.45) is 0.431. The minimum atomic E-state index is -1.82. The van der Waals surface area contributed by atoms with Crippen molar-refractivity contribution in [3.63, 3.8) is 0 Å². The van der Waals surface area contributed by atoms with E-state index in [2.05, 4.69) is 0 Å². The first-order valence-electron chi connectivity index (χ1n) is 6.22. The van der Waals surface area contributed by atoms with Gasteiger partial charge in [-0.2, -0.15) is 0 Å². The molecule has 1 rings (SSSR count). The topological polar surface area (TPSA) is 101 Å². The number of benzene rings is 1. The molecule has 0 aliphatic rings. The van der Waals surface area contributed by atoms with Crippen molar-refractivity contribution in [3.8, 4) is 0 Å². The maximum Gasteiger partial charge on any atom is 0.321 e. The van der Waals surface area contributed by atoms with Crippen molar-refractivity contribution >= 4 is 17.6 Å². The Balaban J connectivity index is 3.40. The predicted octanol–water partition coefficient (Wildman–Crippen LogP) is 2.33. The van der Waals surface area contributed by atoms with Crippen LogP contribution in [0.15, 0.2) is 24.3 Å². The summed E-state index contributed by atoms with van der Waals surface area (Å²) in [6.45, 7) is 3.36. The molecule has 1 aromatic rings. The van der Waals surface area contributed by atoms with Gasteiger partial charge in [0.25, 0.3) is 0 Å². The predicted molar refractivity (Wildman–Crippen MR) is 71.9 cm³/mol. The second-order valence-electron chi connectivity index (χ2n) is 4.57. The molecule has 0 spiro atoms. The Kier molecular flexibility index (Phi) is 4.53. The smallest absolute Gasteiger partial charge is 0.321 e. The summed E-state index contributed by atoms with van der Waals surface area (Å²) < 4.78 is 0. The number of carboxylic acid groups (broad SMARTS) is 2. The van der Waals surface area contributed by atoms with Crippen molar-refractivity contribution in [3.05, 3.63) is 29.8 Å². The maximum absolute atomic E-state index is 11.5. The highest BCUT2D eigenvalue weighted by Gasteiger charge is 2.51. The van der Waals surface area contributed by atoms with Crippen molar-refractivity contribution in [2.24, 2.45) is 5.41 Å². The van der Waals surface area contributed by atoms with Gasteiger partial charge in [-0.1, -0.05) is 26.0 Å². The van der Waals surface area contributed by atoms with E-state index in [-0.39, 0.29) is 6.42 Å². The Morgan fingerprint density at radius 2 is 1.84 bits per heavy atom. The number of carbonyl (C=O) groups is 2. The minimum absolute atomic E-state index is 0.0188. The number of rotatable bonds is 6. The van der Waals surface area contributed by atoms with Gasteiger partial charge in [0.2, 0.25) is 0 Å². The zero-order valence-corrected chi connectivity index (χ0v) is 11.1. The van der Waals surface area contributed by atoms with Gasteiger partial charge in [0.15, 0.2) is 5.41 Å². The van der Waals surface area contributed by atoms with Crippen LogP contribution in [0, 0.1) is 5.41 Å². The van der Waals surface area contributed by atoms with Crippen molar-refractivity contribution in [2.45, 2.75) is 32.6 Å². The average Bonchev–Trinajstić information content (AvgIpc) is 2.34. The monoisotopic (exact) mass is 265 g/mol. The van der Waals surface area contributed by atoms with Crippen molar-refractivity contribution in [1.29, 1.82) is 0 Å². The number of anilines is 1. The standard InChI is InChI=1S/C14H19NO4/c1-3-11(9-6-5-7-10(15)8-9)14(4-2,12(16)17)13(18)19/h5-8,11H,3-4,15H2,1-2H3,(H,16,17)(H,18,19). The van der Waals surface area contributed by atoms with Crippen LogP contribution in [0.3, 0.4) is 0 Å². The van der Waals surface area contributed by atoms with Crippen LogP contribution in [0.5, 0.6) is 0 Å². The van der Waals surface area contributed by atoms with Crippen LogP contribution in [0.25, 0.3) is 0 Å². The summed E-state index contributed by atoms with van der Waals surface area (Å²) in [5.41, 5.74) is 5.02. The van der Waals surface area contributed by atoms with E-state index in [1.54, 1.807) is 38.1 Å². The van der Waals surface area contributed by atoms with E-state index in [9.17, 15) is 19.8 Å². The molecular weight excluding hydrogens is 246 g/mol. The number of nitrogens with two attached hydrogens (primary N) is 1. The molecule has 0 saturated carbocycles. The molecule has 0 aliphatic heterocycles. The lowest BCUT2D eigenvalue weighted by atomic mass is 9.69. The molecule has 1 unspecified atom stereocenters. The van der Waals surface area contributed by atoms with Gasteiger partial charge < -0.3 is 15.9 Å². The lowest BCUT2D eigenvalue weighted by Crippen LogP contribution is -2.44. The molecule has 0 fully saturated rings. The quantitative estimate of drug-likeness (QED) is 0.541. The van der Waals surface area contributed by atoms with Crippen LogP contribution in [0.2, 0.25) is 0 Å². The molecular formula is C14H19NO4. The molecule has 19 heavy (non-hydrogen) atoms. The van der Waals surface area contributed by atoms with Gasteiger partial charge in [0.1, 0.15) is 0 Å². The lowest BCUT2D eigenvalue weighted by molar-refractivity contribution is -0.167. The Labute approximate surface area is 112 Å². The molecule has 5 heteroatoms. The van der Waals surface area contributed by atoms with E-state index >= 15 is 0 Å². The van der Waals surface area contributed by atoms with Crippen LogP contribution in [0.4, 0.5) is 5.69 Å². The van der Waals surface area contributed by atoms with Gasteiger partial charge in [0, 0.05) is 11.6 Å². The third-order valence-corrected chi connectivity index (χ3v) is 3.64. The molecule has 0 radical (unpaired) electrons. The molecule has 1 aromatic carbocycles. The SMILES string of the molecule is CCC(c1cccc(N)c1)C(CC)(C(=O)O)C(=O)O. The van der Waals surface area contributed by atoms with Gasteiger partial charge in [-0.3, -0.25) is 9.59 Å². The second kappa shape index (κ2) is 5.73. The van der Waals surface area contributed by atoms with Gasteiger partial charge in [-0.05, 0) is 30.5 Å². The number of nitrogen functional groups attached to an aromatic ring is 1. The van der Waals surface area contributed by atoms with Crippen molar-refractivity contribution in [1.82, 2.24) is 0 Å². The Bertz CT molecular complexity index is 470. The summed E-state index contributed by atoms with van der Waals surface area (Å²) in [5.74, 6) is -3.23. The van der Waals surface area contributed by atoms with E-state index in [0.29, 0.717) is 17.7 Å². The first kappa shape index (κ1) is 15.0. The number of hydrogen-bond acceptors (Lipinski definition) is 3. The normalized spacial score (nSPS) is 12.9. The van der Waals surface area contributed by atoms with E-state index < -0.39 is 23.3 Å². The minimum Gasteiger partial charge on any atom is -0.480 e. The molecule has 0 aromatic heterocycles. The highest BCUT2D eigenvalue weighted by Crippen LogP contribution is 2.42. The summed E-state index contributed by atoms with van der Waals surface area (Å²) in [4.78, 5) is 23.1. The van der Waals surface area contributed by atoms with Gasteiger partial charge >= 0.3 is 11.9 Å². The third-order valence-electron chi connectivity index (χ3n) is 3.64. The Morgan fingerprint density at radius 1 is 1.26 bits per heavy atom. The Morgan fingerprint density at radius 3 is 2.21 bits per heavy atom. The van der Waals surface area contributed by atoms with E-state index in [1.807, 2.05) is 0 Å². The van der Waals surface area contributed by atoms with Gasteiger partial charge in [0.05, 0.1) is 0 Å². The van der Waals surface area contributed by atoms with Gasteiger partial charge in [-0.25, -0.2) is 0 Å². The molecule has 0 heterocycles. The molecule has 1 atom stereocenters. The molecule has 5 nitrogen and oxygen atoms in total. The fraction of sp³-hybridized carbons (Fsp3) is 0.429. The average molecular weight is 265 g/mol. The van der Waals surface area contributed by atoms with Crippen LogP contribution in [-0.4, -0.2) is 22.2 Å². The highest BCUT2D eigenvalue weighted by molar-refractivity contribution is 5.99. The summed E-state index contributed by atoms with van der Waals surface area (Å²) >= 11 is 0. The zero-order chi connectivity index (χ0) is 14.6. The molecule has 0 saturated heterocycles. The van der Waals surface area contributed by atoms with E-state index in [4.69, 9.17) is 5.73 Å². The van der Waals surface area contributed by atoms with Crippen LogP contribution < -0.4 is 5.73 Å². The fourth-order valence-electron chi connectivity index (χ4n) is 2.58. The maximum atomic E-state index is 11.5. The van der Waals surface area contributed by atoms with Crippen LogP contribution in [-0.2, 0) is 9.59 Å². The fourth-order valence-corrected chi connectivity index (χ4v) is 2.58. The molecule has 4 N–H and O–H groups in total. The summed E-state index contributed by atoms with van der Waals surface area (Å²) in [6, 6.07) is 6.76. The van der Waals surface area contributed by atoms with E-state index in [1.165, 1.54) is 0 Å². The van der Waals surface area contributed by atoms with Gasteiger partial charge in [-0.15, -0.1) is 0 Å². The van der Waals surface area contributed by atoms with Crippen molar-refractivity contribution < 1.29 is 19.8 Å². The van der Waals surface area contributed by atoms with E-state index in [0.717, 1.165) is 0 Å². The van der Waals surface area contributed by atoms with Crippen molar-refractivity contribution in [2.75, 3.05) is 5.73 Å². The number of aliphatic carboxylic acids is 2. The first-order valence-corrected chi connectivity index (χ1v) is 6.22. The first-order chi connectivity index (χ1) is 8.90. The molecule has 0 aliphatic carbocycles. The highest BCUT2D eigenvalue weighted by atomic mass is 16.4. The largest absolute Gasteiger partial charge is 0.480 e. The van der Waals surface area contributed by atoms with Crippen LogP contribution in [0.1, 0.15) is 38.2 Å². The molecule has 0 bridgehead atoms. The molecule has 0 amide bonds. The molecule has 104 valence electrons. The summed E-state index contributed by atoms with van der Waals surface area (Å²) in [7, 11) is 0. The zero-order valence-electron chi connectivity index (χ0n) is 11.1.